The van der Waals surface area contributed by atoms with Crippen molar-refractivity contribution in [2.24, 2.45) is 17.3 Å². The quantitative estimate of drug-likeness (QED) is 0.290. The van der Waals surface area contributed by atoms with E-state index in [9.17, 15) is 22.8 Å². The standard InChI is InChI=1S/C38H45N3O6S2/c1-24-9-8-10-26(17-24)19-27-11-6-4-3-5-7-12-28-21-38(28,36(44)40-49(45,46)30-14-15-30)22-33(42)32-20-29(23-41(32)35(27)43)47-37-39-31-16-13-25(2)18-34(31)48-37/h7-10,12-13,16-18,27-30,32H,3-6,11,14-15,19-23H2,1-2H3,(H,40,44)/b12-7-/t27-,28+,29-,32+,38-/m1/s1. The van der Waals surface area contributed by atoms with Crippen LogP contribution < -0.4 is 9.46 Å². The van der Waals surface area contributed by atoms with Crippen LogP contribution in [0.5, 0.6) is 5.19 Å². The molecule has 0 unspecified atom stereocenters. The molecule has 3 fully saturated rings. The molecule has 4 aliphatic rings. The zero-order chi connectivity index (χ0) is 34.3. The van der Waals surface area contributed by atoms with Gasteiger partial charge in [0.2, 0.25) is 21.8 Å². The molecule has 2 aliphatic heterocycles. The fraction of sp³-hybridized carbons (Fsp3) is 0.526. The van der Waals surface area contributed by atoms with Crippen molar-refractivity contribution >= 4 is 49.2 Å². The second kappa shape index (κ2) is 13.6. The molecule has 0 bridgehead atoms. The van der Waals surface area contributed by atoms with Crippen LogP contribution in [0.1, 0.15) is 80.9 Å². The number of thiazole rings is 1. The van der Waals surface area contributed by atoms with Gasteiger partial charge in [-0.2, -0.15) is 0 Å². The molecule has 11 heteroatoms. The van der Waals surface area contributed by atoms with E-state index in [1.807, 2.05) is 44.2 Å². The van der Waals surface area contributed by atoms with Crippen LogP contribution in [0.4, 0.5) is 0 Å². The van der Waals surface area contributed by atoms with E-state index in [-0.39, 0.29) is 42.9 Å². The monoisotopic (exact) mass is 703 g/mol. The summed E-state index contributed by atoms with van der Waals surface area (Å²) in [5.41, 5.74) is 3.04. The van der Waals surface area contributed by atoms with Crippen LogP contribution in [0.25, 0.3) is 10.2 Å². The lowest BCUT2D eigenvalue weighted by Crippen LogP contribution is -2.46. The highest BCUT2D eigenvalue weighted by molar-refractivity contribution is 7.90. The summed E-state index contributed by atoms with van der Waals surface area (Å²) in [6.45, 7) is 4.32. The average Bonchev–Trinajstić information content (AvgIpc) is 3.95. The van der Waals surface area contributed by atoms with Crippen molar-refractivity contribution in [3.05, 3.63) is 71.3 Å². The molecule has 1 N–H and O–H groups in total. The Morgan fingerprint density at radius 3 is 2.67 bits per heavy atom. The first kappa shape index (κ1) is 33.9. The molecule has 1 saturated heterocycles. The Morgan fingerprint density at radius 2 is 1.88 bits per heavy atom. The van der Waals surface area contributed by atoms with Gasteiger partial charge in [0.05, 0.1) is 33.5 Å². The van der Waals surface area contributed by atoms with Crippen LogP contribution in [-0.4, -0.2) is 59.8 Å². The minimum Gasteiger partial charge on any atom is -0.465 e. The third-order valence-corrected chi connectivity index (χ3v) is 13.4. The number of hydrogen-bond acceptors (Lipinski definition) is 8. The molecule has 5 atom stereocenters. The highest BCUT2D eigenvalue weighted by atomic mass is 32.2. The molecule has 2 aromatic carbocycles. The second-order valence-corrected chi connectivity index (χ2v) is 17.6. The van der Waals surface area contributed by atoms with Crippen LogP contribution in [0, 0.1) is 31.1 Å². The number of carbonyl (C=O) groups is 3. The van der Waals surface area contributed by atoms with Crippen molar-refractivity contribution in [1.82, 2.24) is 14.6 Å². The van der Waals surface area contributed by atoms with E-state index < -0.39 is 38.7 Å². The predicted molar refractivity (Wildman–Crippen MR) is 190 cm³/mol. The van der Waals surface area contributed by atoms with Gasteiger partial charge in [-0.05, 0) is 88.0 Å². The number of nitrogens with zero attached hydrogens (tertiary/aromatic N) is 2. The topological polar surface area (TPSA) is 123 Å². The number of ether oxygens (including phenoxy) is 1. The minimum absolute atomic E-state index is 0.0685. The number of aromatic nitrogens is 1. The number of fused-ring (bicyclic) bond motifs is 3. The van der Waals surface area contributed by atoms with Gasteiger partial charge in [-0.3, -0.25) is 19.1 Å². The average molecular weight is 704 g/mol. The van der Waals surface area contributed by atoms with E-state index in [0.717, 1.165) is 52.6 Å². The van der Waals surface area contributed by atoms with E-state index in [4.69, 9.17) is 4.74 Å². The normalized spacial score (nSPS) is 28.7. The van der Waals surface area contributed by atoms with Gasteiger partial charge in [0.15, 0.2) is 5.78 Å². The van der Waals surface area contributed by atoms with Gasteiger partial charge < -0.3 is 9.64 Å². The van der Waals surface area contributed by atoms with E-state index in [2.05, 4.69) is 34.0 Å². The summed E-state index contributed by atoms with van der Waals surface area (Å²) in [6, 6.07) is 13.5. The van der Waals surface area contributed by atoms with Crippen molar-refractivity contribution in [2.45, 2.75) is 102 Å². The van der Waals surface area contributed by atoms with Gasteiger partial charge in [0.1, 0.15) is 6.10 Å². The number of benzene rings is 2. The summed E-state index contributed by atoms with van der Waals surface area (Å²) in [7, 11) is -3.78. The molecule has 1 aromatic heterocycles. The largest absolute Gasteiger partial charge is 0.465 e. The number of ketones is 1. The summed E-state index contributed by atoms with van der Waals surface area (Å²) in [5.74, 6) is -1.43. The Bertz CT molecular complexity index is 1900. The highest BCUT2D eigenvalue weighted by Gasteiger charge is 2.61. The van der Waals surface area contributed by atoms with E-state index in [1.54, 1.807) is 4.90 Å². The highest BCUT2D eigenvalue weighted by Crippen LogP contribution is 2.57. The van der Waals surface area contributed by atoms with E-state index >= 15 is 0 Å². The number of hydrogen-bond donors (Lipinski definition) is 1. The minimum atomic E-state index is -3.78. The fourth-order valence-electron chi connectivity index (χ4n) is 7.65. The first-order valence-electron chi connectivity index (χ1n) is 17.7. The number of Topliss-reactive ketones (excluding diaryl/α,β-unsaturated/α-hetero) is 1. The van der Waals surface area contributed by atoms with Crippen LogP contribution in [0.15, 0.2) is 54.6 Å². The van der Waals surface area contributed by atoms with Crippen LogP contribution in [0.2, 0.25) is 0 Å². The summed E-state index contributed by atoms with van der Waals surface area (Å²) in [6.07, 6.45) is 10.2. The van der Waals surface area contributed by atoms with Crippen molar-refractivity contribution in [1.29, 1.82) is 0 Å². The molecule has 2 saturated carbocycles. The van der Waals surface area contributed by atoms with Crippen molar-refractivity contribution in [3.63, 3.8) is 0 Å². The van der Waals surface area contributed by atoms with Crippen LogP contribution in [0.3, 0.4) is 0 Å². The predicted octanol–water partition coefficient (Wildman–Crippen LogP) is 6.21. The molecular formula is C38H45N3O6S2. The van der Waals surface area contributed by atoms with Crippen LogP contribution in [-0.2, 0) is 30.8 Å². The van der Waals surface area contributed by atoms with Crippen molar-refractivity contribution in [3.8, 4) is 5.19 Å². The molecule has 0 spiro atoms. The number of rotatable bonds is 7. The molecule has 49 heavy (non-hydrogen) atoms. The maximum absolute atomic E-state index is 14.6. The lowest BCUT2D eigenvalue weighted by atomic mass is 9.89. The van der Waals surface area contributed by atoms with Gasteiger partial charge >= 0.3 is 0 Å². The second-order valence-electron chi connectivity index (χ2n) is 14.7. The molecule has 2 amide bonds. The number of aryl methyl sites for hydroxylation is 2. The maximum Gasteiger partial charge on any atom is 0.274 e. The first-order chi connectivity index (χ1) is 23.5. The van der Waals surface area contributed by atoms with Crippen molar-refractivity contribution < 1.29 is 27.5 Å². The lowest BCUT2D eigenvalue weighted by Gasteiger charge is -2.29. The first-order valence-corrected chi connectivity index (χ1v) is 20.0. The van der Waals surface area contributed by atoms with Gasteiger partial charge in [0, 0.05) is 18.8 Å². The molecule has 2 aliphatic carbocycles. The Hall–Kier alpha value is -3.57. The number of allylic oxidation sites excluding steroid dienone is 2. The summed E-state index contributed by atoms with van der Waals surface area (Å²) < 4.78 is 35.4. The molecule has 7 rings (SSSR count). The van der Waals surface area contributed by atoms with Crippen LogP contribution >= 0.6 is 11.3 Å². The summed E-state index contributed by atoms with van der Waals surface area (Å²) >= 11 is 1.45. The van der Waals surface area contributed by atoms with Gasteiger partial charge in [-0.1, -0.05) is 72.2 Å². The third kappa shape index (κ3) is 7.48. The number of carbonyl (C=O) groups excluding carboxylic acids is 3. The molecule has 0 radical (unpaired) electrons. The van der Waals surface area contributed by atoms with Gasteiger partial charge in [-0.25, -0.2) is 13.4 Å². The molecule has 3 aromatic rings. The zero-order valence-corrected chi connectivity index (χ0v) is 29.9. The number of amides is 2. The Kier molecular flexibility index (Phi) is 9.43. The van der Waals surface area contributed by atoms with Gasteiger partial charge in [-0.15, -0.1) is 0 Å². The maximum atomic E-state index is 14.6. The third-order valence-electron chi connectivity index (χ3n) is 10.7. The zero-order valence-electron chi connectivity index (χ0n) is 28.2. The van der Waals surface area contributed by atoms with Gasteiger partial charge in [0.25, 0.3) is 5.19 Å². The lowest BCUT2D eigenvalue weighted by molar-refractivity contribution is -0.142. The smallest absolute Gasteiger partial charge is 0.274 e. The van der Waals surface area contributed by atoms with E-state index in [1.165, 1.54) is 11.3 Å². The summed E-state index contributed by atoms with van der Waals surface area (Å²) in [5, 5.41) is -0.0470. The molecule has 260 valence electrons. The van der Waals surface area contributed by atoms with Crippen molar-refractivity contribution in [2.75, 3.05) is 6.54 Å². The van der Waals surface area contributed by atoms with E-state index in [0.29, 0.717) is 37.3 Å². The molecule has 9 nitrogen and oxygen atoms in total. The molecule has 3 heterocycles. The molecular weight excluding hydrogens is 659 g/mol. The summed E-state index contributed by atoms with van der Waals surface area (Å²) in [4.78, 5) is 49.1. The number of sulfonamides is 1. The number of nitrogens with one attached hydrogen (secondary N) is 1. The SMILES string of the molecule is Cc1cccc(C[C@H]2CCCCC/C=C\[C@H]3C[C@@]3(C(=O)NS(=O)(=O)C3CC3)CC(=O)[C@@H]3C[C@@H](Oc4nc5ccc(C)cc5s4)CN3C2=O)c1. The Morgan fingerprint density at radius 1 is 1.06 bits per heavy atom. The Labute approximate surface area is 292 Å². The fourth-order valence-corrected chi connectivity index (χ4v) is 10.0. The Balaban J connectivity index is 1.18.